The van der Waals surface area contributed by atoms with Crippen LogP contribution >= 0.6 is 11.6 Å². The van der Waals surface area contributed by atoms with Gasteiger partial charge in [-0.05, 0) is 55.0 Å². The Morgan fingerprint density at radius 1 is 1.12 bits per heavy atom. The second-order valence-electron chi connectivity index (χ2n) is 8.71. The number of hydrogen-bond acceptors (Lipinski definition) is 4. The lowest BCUT2D eigenvalue weighted by molar-refractivity contribution is -0.141. The molecule has 33 heavy (non-hydrogen) atoms. The Morgan fingerprint density at radius 3 is 2.64 bits per heavy atom. The van der Waals surface area contributed by atoms with Crippen LogP contribution in [-0.2, 0) is 22.6 Å². The fourth-order valence-electron chi connectivity index (χ4n) is 4.59. The van der Waals surface area contributed by atoms with Gasteiger partial charge in [0.25, 0.3) is 0 Å². The second kappa shape index (κ2) is 10.9. The van der Waals surface area contributed by atoms with Gasteiger partial charge in [0.05, 0.1) is 0 Å². The molecular formula is C26H31ClN2O4. The van der Waals surface area contributed by atoms with Crippen LogP contribution in [0.2, 0.25) is 5.02 Å². The van der Waals surface area contributed by atoms with Crippen molar-refractivity contribution in [2.24, 2.45) is 0 Å². The van der Waals surface area contributed by atoms with E-state index in [-0.39, 0.29) is 31.1 Å². The van der Waals surface area contributed by atoms with Gasteiger partial charge in [0, 0.05) is 24.0 Å². The van der Waals surface area contributed by atoms with Gasteiger partial charge in [-0.15, -0.1) is 0 Å². The average molecular weight is 471 g/mol. The summed E-state index contributed by atoms with van der Waals surface area (Å²) >= 11 is 6.40. The lowest BCUT2D eigenvalue weighted by atomic mass is 10.1. The van der Waals surface area contributed by atoms with Crippen LogP contribution in [0.1, 0.15) is 56.6 Å². The number of nitrogens with zero attached hydrogens (tertiary/aromatic N) is 1. The van der Waals surface area contributed by atoms with Crippen molar-refractivity contribution < 1.29 is 19.1 Å². The highest BCUT2D eigenvalue weighted by Crippen LogP contribution is 2.33. The summed E-state index contributed by atoms with van der Waals surface area (Å²) in [6.07, 6.45) is 5.67. The van der Waals surface area contributed by atoms with Gasteiger partial charge >= 0.3 is 0 Å². The first kappa shape index (κ1) is 23.4. The molecule has 1 N–H and O–H groups in total. The van der Waals surface area contributed by atoms with E-state index in [0.29, 0.717) is 30.2 Å². The zero-order chi connectivity index (χ0) is 23.2. The topological polar surface area (TPSA) is 67.9 Å². The second-order valence-corrected chi connectivity index (χ2v) is 9.12. The van der Waals surface area contributed by atoms with E-state index in [9.17, 15) is 9.59 Å². The highest BCUT2D eigenvalue weighted by atomic mass is 35.5. The molecule has 1 aliphatic carbocycles. The monoisotopic (exact) mass is 470 g/mol. The third-order valence-corrected chi connectivity index (χ3v) is 6.82. The molecule has 1 aliphatic heterocycles. The molecule has 2 amide bonds. The van der Waals surface area contributed by atoms with Gasteiger partial charge in [0.1, 0.15) is 6.04 Å². The van der Waals surface area contributed by atoms with Crippen LogP contribution in [0, 0.1) is 0 Å². The minimum Gasteiger partial charge on any atom is -0.454 e. The number of halogens is 1. The number of rotatable bonds is 9. The number of nitrogens with one attached hydrogen (secondary N) is 1. The fourth-order valence-corrected chi connectivity index (χ4v) is 4.78. The molecule has 0 saturated heterocycles. The molecule has 0 spiro atoms. The zero-order valence-electron chi connectivity index (χ0n) is 19.0. The van der Waals surface area contributed by atoms with Crippen LogP contribution < -0.4 is 14.8 Å². The number of aryl methyl sites for hydroxylation is 1. The van der Waals surface area contributed by atoms with E-state index in [4.69, 9.17) is 21.1 Å². The predicted molar refractivity (Wildman–Crippen MR) is 127 cm³/mol. The minimum atomic E-state index is -0.536. The molecule has 7 heteroatoms. The van der Waals surface area contributed by atoms with E-state index in [0.717, 1.165) is 42.6 Å². The molecule has 1 atom stereocenters. The molecule has 2 aromatic carbocycles. The third kappa shape index (κ3) is 5.80. The van der Waals surface area contributed by atoms with Gasteiger partial charge in [-0.25, -0.2) is 0 Å². The van der Waals surface area contributed by atoms with Crippen molar-refractivity contribution >= 4 is 23.4 Å². The molecule has 1 fully saturated rings. The van der Waals surface area contributed by atoms with Crippen LogP contribution in [0.5, 0.6) is 11.5 Å². The van der Waals surface area contributed by atoms with Gasteiger partial charge in [-0.3, -0.25) is 9.59 Å². The van der Waals surface area contributed by atoms with Crippen LogP contribution in [0.3, 0.4) is 0 Å². The average Bonchev–Trinajstić information content (AvgIpc) is 3.50. The summed E-state index contributed by atoms with van der Waals surface area (Å²) < 4.78 is 10.8. The van der Waals surface area contributed by atoms with Crippen molar-refractivity contribution in [1.29, 1.82) is 0 Å². The van der Waals surface area contributed by atoms with Crippen LogP contribution in [-0.4, -0.2) is 35.6 Å². The van der Waals surface area contributed by atoms with E-state index in [2.05, 4.69) is 5.32 Å². The first-order valence-corrected chi connectivity index (χ1v) is 12.1. The maximum absolute atomic E-state index is 13.5. The van der Waals surface area contributed by atoms with Crippen LogP contribution in [0.15, 0.2) is 42.5 Å². The van der Waals surface area contributed by atoms with E-state index < -0.39 is 6.04 Å². The largest absolute Gasteiger partial charge is 0.454 e. The molecule has 0 radical (unpaired) electrons. The first-order valence-electron chi connectivity index (χ1n) is 11.8. The number of amides is 2. The Kier molecular flexibility index (Phi) is 7.76. The predicted octanol–water partition coefficient (Wildman–Crippen LogP) is 4.87. The molecule has 0 aromatic heterocycles. The smallest absolute Gasteiger partial charge is 0.243 e. The maximum atomic E-state index is 13.5. The Hall–Kier alpha value is -2.73. The van der Waals surface area contributed by atoms with Gasteiger partial charge < -0.3 is 19.7 Å². The summed E-state index contributed by atoms with van der Waals surface area (Å²) in [7, 11) is 0. The SMILES string of the molecule is CC[C@H](C(=O)NC1CCCC1)N(Cc1ccccc1Cl)C(=O)CCc1ccc2c(c1)OCO2. The molecule has 4 rings (SSSR count). The summed E-state index contributed by atoms with van der Waals surface area (Å²) in [6, 6.07) is 12.9. The van der Waals surface area contributed by atoms with Crippen molar-refractivity contribution in [2.45, 2.75) is 70.5 Å². The molecule has 1 heterocycles. The van der Waals surface area contributed by atoms with Crippen molar-refractivity contribution in [3.05, 3.63) is 58.6 Å². The minimum absolute atomic E-state index is 0.0685. The third-order valence-electron chi connectivity index (χ3n) is 6.45. The summed E-state index contributed by atoms with van der Waals surface area (Å²) in [5.41, 5.74) is 1.83. The van der Waals surface area contributed by atoms with E-state index in [1.54, 1.807) is 4.90 Å². The number of ether oxygens (including phenoxy) is 2. The fraction of sp³-hybridized carbons (Fsp3) is 0.462. The molecule has 6 nitrogen and oxygen atoms in total. The van der Waals surface area contributed by atoms with E-state index >= 15 is 0 Å². The van der Waals surface area contributed by atoms with E-state index in [1.165, 1.54) is 0 Å². The van der Waals surface area contributed by atoms with Crippen molar-refractivity contribution in [3.8, 4) is 11.5 Å². The number of carbonyl (C=O) groups is 2. The quantitative estimate of drug-likeness (QED) is 0.567. The van der Waals surface area contributed by atoms with Gasteiger partial charge in [-0.1, -0.05) is 55.6 Å². The van der Waals surface area contributed by atoms with Crippen LogP contribution in [0.25, 0.3) is 0 Å². The summed E-state index contributed by atoms with van der Waals surface area (Å²) in [4.78, 5) is 28.3. The van der Waals surface area contributed by atoms with Crippen molar-refractivity contribution in [3.63, 3.8) is 0 Å². The number of fused-ring (bicyclic) bond motifs is 1. The first-order chi connectivity index (χ1) is 16.0. The lowest BCUT2D eigenvalue weighted by Gasteiger charge is -2.32. The Labute approximate surface area is 200 Å². The normalized spacial score (nSPS) is 15.9. The molecule has 0 unspecified atom stereocenters. The van der Waals surface area contributed by atoms with Crippen LogP contribution in [0.4, 0.5) is 0 Å². The Morgan fingerprint density at radius 2 is 1.88 bits per heavy atom. The maximum Gasteiger partial charge on any atom is 0.243 e. The molecule has 176 valence electrons. The number of hydrogen-bond donors (Lipinski definition) is 1. The molecule has 0 bridgehead atoms. The van der Waals surface area contributed by atoms with Crippen molar-refractivity contribution in [2.75, 3.05) is 6.79 Å². The number of carbonyl (C=O) groups excluding carboxylic acids is 2. The summed E-state index contributed by atoms with van der Waals surface area (Å²) in [5, 5.41) is 3.77. The Bertz CT molecular complexity index is 990. The van der Waals surface area contributed by atoms with Gasteiger partial charge in [-0.2, -0.15) is 0 Å². The summed E-state index contributed by atoms with van der Waals surface area (Å²) in [5.74, 6) is 1.28. The van der Waals surface area contributed by atoms with E-state index in [1.807, 2.05) is 49.4 Å². The lowest BCUT2D eigenvalue weighted by Crippen LogP contribution is -2.51. The molecule has 2 aliphatic rings. The number of benzene rings is 2. The molecular weight excluding hydrogens is 440 g/mol. The molecule has 2 aromatic rings. The van der Waals surface area contributed by atoms with Gasteiger partial charge in [0.2, 0.25) is 18.6 Å². The highest BCUT2D eigenvalue weighted by Gasteiger charge is 2.30. The summed E-state index contributed by atoms with van der Waals surface area (Å²) in [6.45, 7) is 2.47. The van der Waals surface area contributed by atoms with Crippen molar-refractivity contribution in [1.82, 2.24) is 10.2 Å². The standard InChI is InChI=1S/C26H31ClN2O4/c1-2-22(26(31)28-20-8-4-5-9-20)29(16-19-7-3-6-10-21(19)27)25(30)14-12-18-11-13-23-24(15-18)33-17-32-23/h3,6-7,10-11,13,15,20,22H,2,4-5,8-9,12,14,16-17H2,1H3,(H,28,31)/t22-/m1/s1. The highest BCUT2D eigenvalue weighted by molar-refractivity contribution is 6.31. The molecule has 1 saturated carbocycles. The zero-order valence-corrected chi connectivity index (χ0v) is 19.8. The van der Waals surface area contributed by atoms with Gasteiger partial charge in [0.15, 0.2) is 11.5 Å². The Balaban J connectivity index is 1.49.